The summed E-state index contributed by atoms with van der Waals surface area (Å²) in [6.45, 7) is 1.69. The van der Waals surface area contributed by atoms with Crippen LogP contribution in [-0.4, -0.2) is 4.98 Å². The Balaban J connectivity index is 3.31. The smallest absolute Gasteiger partial charge is 0.158 e. The maximum atomic E-state index is 12.8. The number of nitrogens with zero attached hydrogens (tertiary/aromatic N) is 1. The first-order chi connectivity index (χ1) is 4.61. The molecule has 0 aliphatic heterocycles. The molecular formula is C6H4Br2FN. The van der Waals surface area contributed by atoms with E-state index in [-0.39, 0.29) is 10.4 Å². The number of pyridine rings is 1. The van der Waals surface area contributed by atoms with Gasteiger partial charge < -0.3 is 0 Å². The van der Waals surface area contributed by atoms with Crippen LogP contribution in [0, 0.1) is 12.7 Å². The zero-order valence-corrected chi connectivity index (χ0v) is 8.33. The molecule has 4 heteroatoms. The van der Waals surface area contributed by atoms with Crippen molar-refractivity contribution >= 4 is 31.9 Å². The largest absolute Gasteiger partial charge is 0.231 e. The first kappa shape index (κ1) is 8.14. The van der Waals surface area contributed by atoms with Gasteiger partial charge in [-0.05, 0) is 50.4 Å². The molecule has 0 spiro atoms. The van der Waals surface area contributed by atoms with E-state index >= 15 is 0 Å². The van der Waals surface area contributed by atoms with E-state index in [2.05, 4.69) is 36.8 Å². The molecule has 10 heavy (non-hydrogen) atoms. The highest BCUT2D eigenvalue weighted by molar-refractivity contribution is 9.11. The normalized spacial score (nSPS) is 10.0. The fourth-order valence-corrected chi connectivity index (χ4v) is 1.84. The van der Waals surface area contributed by atoms with E-state index < -0.39 is 0 Å². The number of halogens is 3. The molecule has 0 bridgehead atoms. The monoisotopic (exact) mass is 267 g/mol. The van der Waals surface area contributed by atoms with Crippen molar-refractivity contribution in [3.05, 3.63) is 26.7 Å². The van der Waals surface area contributed by atoms with Crippen molar-refractivity contribution in [2.24, 2.45) is 0 Å². The van der Waals surface area contributed by atoms with Gasteiger partial charge in [0.15, 0.2) is 5.82 Å². The average molecular weight is 269 g/mol. The summed E-state index contributed by atoms with van der Waals surface area (Å²) in [5, 5.41) is 0. The zero-order chi connectivity index (χ0) is 7.72. The molecule has 0 saturated heterocycles. The van der Waals surface area contributed by atoms with Crippen LogP contribution in [-0.2, 0) is 0 Å². The van der Waals surface area contributed by atoms with Crippen molar-refractivity contribution in [3.8, 4) is 0 Å². The van der Waals surface area contributed by atoms with E-state index in [1.165, 1.54) is 0 Å². The molecule has 1 aromatic heterocycles. The third-order valence-corrected chi connectivity index (χ3v) is 2.00. The Bertz CT molecular complexity index is 239. The fraction of sp³-hybridized carbons (Fsp3) is 0.167. The first-order valence-electron chi connectivity index (χ1n) is 2.59. The highest BCUT2D eigenvalue weighted by Gasteiger charge is 2.04. The van der Waals surface area contributed by atoms with Crippen LogP contribution >= 0.6 is 31.9 Å². The van der Waals surface area contributed by atoms with Gasteiger partial charge in [-0.15, -0.1) is 0 Å². The molecular weight excluding hydrogens is 265 g/mol. The maximum Gasteiger partial charge on any atom is 0.158 e. The van der Waals surface area contributed by atoms with Crippen LogP contribution < -0.4 is 0 Å². The highest BCUT2D eigenvalue weighted by Crippen LogP contribution is 2.19. The van der Waals surface area contributed by atoms with Crippen LogP contribution in [0.2, 0.25) is 0 Å². The van der Waals surface area contributed by atoms with E-state index in [0.717, 1.165) is 0 Å². The Hall–Kier alpha value is 0.0400. The molecule has 1 aromatic rings. The van der Waals surface area contributed by atoms with Crippen LogP contribution in [0.4, 0.5) is 4.39 Å². The average Bonchev–Trinajstić information content (AvgIpc) is 1.82. The Morgan fingerprint density at radius 2 is 2.10 bits per heavy atom. The minimum absolute atomic E-state index is 0.249. The summed E-state index contributed by atoms with van der Waals surface area (Å²) in [7, 11) is 0. The molecule has 1 rings (SSSR count). The lowest BCUT2D eigenvalue weighted by Crippen LogP contribution is -1.88. The quantitative estimate of drug-likeness (QED) is 0.659. The van der Waals surface area contributed by atoms with Crippen molar-refractivity contribution in [2.45, 2.75) is 6.92 Å². The molecule has 0 N–H and O–H groups in total. The molecule has 0 aromatic carbocycles. The Morgan fingerprint density at radius 1 is 1.50 bits per heavy atom. The standard InChI is InChI=1S/C6H4Br2FN/c1-3-2-4(7)10-6(8)5(3)9/h2H,1H3. The van der Waals surface area contributed by atoms with Crippen molar-refractivity contribution in [2.75, 3.05) is 0 Å². The number of rotatable bonds is 0. The molecule has 0 aliphatic rings. The molecule has 1 nitrogen and oxygen atoms in total. The number of hydrogen-bond donors (Lipinski definition) is 0. The summed E-state index contributed by atoms with van der Waals surface area (Å²) >= 11 is 6.12. The minimum Gasteiger partial charge on any atom is -0.231 e. The van der Waals surface area contributed by atoms with Gasteiger partial charge in [0.05, 0.1) is 0 Å². The summed E-state index contributed by atoms with van der Waals surface area (Å²) < 4.78 is 13.7. The van der Waals surface area contributed by atoms with Gasteiger partial charge in [0.25, 0.3) is 0 Å². The third kappa shape index (κ3) is 1.55. The Morgan fingerprint density at radius 3 is 2.60 bits per heavy atom. The fourth-order valence-electron chi connectivity index (χ4n) is 0.580. The zero-order valence-electron chi connectivity index (χ0n) is 5.16. The molecule has 0 unspecified atom stereocenters. The van der Waals surface area contributed by atoms with Gasteiger partial charge in [-0.2, -0.15) is 0 Å². The van der Waals surface area contributed by atoms with E-state index in [0.29, 0.717) is 10.2 Å². The van der Waals surface area contributed by atoms with Crippen molar-refractivity contribution in [1.29, 1.82) is 0 Å². The summed E-state index contributed by atoms with van der Waals surface area (Å²) in [6.07, 6.45) is 0. The highest BCUT2D eigenvalue weighted by atomic mass is 79.9. The van der Waals surface area contributed by atoms with Crippen LogP contribution in [0.5, 0.6) is 0 Å². The maximum absolute atomic E-state index is 12.8. The van der Waals surface area contributed by atoms with Gasteiger partial charge in [-0.25, -0.2) is 9.37 Å². The molecule has 1 heterocycles. The summed E-state index contributed by atoms with van der Waals surface area (Å²) in [5.74, 6) is -0.303. The second-order valence-corrected chi connectivity index (χ2v) is 3.43. The number of aromatic nitrogens is 1. The van der Waals surface area contributed by atoms with E-state index in [1.807, 2.05) is 0 Å². The molecule has 0 amide bonds. The van der Waals surface area contributed by atoms with Crippen molar-refractivity contribution in [3.63, 3.8) is 0 Å². The lowest BCUT2D eigenvalue weighted by Gasteiger charge is -1.97. The number of aryl methyl sites for hydroxylation is 1. The predicted octanol–water partition coefficient (Wildman–Crippen LogP) is 3.05. The van der Waals surface area contributed by atoms with Crippen LogP contribution in [0.3, 0.4) is 0 Å². The SMILES string of the molecule is Cc1cc(Br)nc(Br)c1F. The molecule has 0 aliphatic carbocycles. The van der Waals surface area contributed by atoms with Gasteiger partial charge in [0, 0.05) is 0 Å². The first-order valence-corrected chi connectivity index (χ1v) is 4.18. The van der Waals surface area contributed by atoms with Gasteiger partial charge in [0.1, 0.15) is 9.21 Å². The summed E-state index contributed by atoms with van der Waals surface area (Å²) in [6, 6.07) is 1.63. The lowest BCUT2D eigenvalue weighted by atomic mass is 10.3. The molecule has 54 valence electrons. The topological polar surface area (TPSA) is 12.9 Å². The van der Waals surface area contributed by atoms with E-state index in [4.69, 9.17) is 0 Å². The molecule has 0 atom stereocenters. The summed E-state index contributed by atoms with van der Waals surface area (Å²) in [4.78, 5) is 3.79. The predicted molar refractivity (Wildman–Crippen MR) is 44.3 cm³/mol. The van der Waals surface area contributed by atoms with Crippen molar-refractivity contribution in [1.82, 2.24) is 4.98 Å². The minimum atomic E-state index is -0.303. The van der Waals surface area contributed by atoms with Gasteiger partial charge in [-0.3, -0.25) is 0 Å². The van der Waals surface area contributed by atoms with Crippen molar-refractivity contribution < 1.29 is 4.39 Å². The molecule has 0 fully saturated rings. The number of hydrogen-bond acceptors (Lipinski definition) is 1. The second kappa shape index (κ2) is 2.96. The van der Waals surface area contributed by atoms with Crippen LogP contribution in [0.25, 0.3) is 0 Å². The van der Waals surface area contributed by atoms with Gasteiger partial charge >= 0.3 is 0 Å². The Labute approximate surface area is 74.9 Å². The van der Waals surface area contributed by atoms with Crippen LogP contribution in [0.15, 0.2) is 15.3 Å². The summed E-state index contributed by atoms with van der Waals surface area (Å²) in [5.41, 5.74) is 0.578. The van der Waals surface area contributed by atoms with Gasteiger partial charge in [-0.1, -0.05) is 0 Å². The van der Waals surface area contributed by atoms with E-state index in [9.17, 15) is 4.39 Å². The molecule has 0 saturated carbocycles. The Kier molecular flexibility index (Phi) is 2.41. The second-order valence-electron chi connectivity index (χ2n) is 1.87. The van der Waals surface area contributed by atoms with Gasteiger partial charge in [0.2, 0.25) is 0 Å². The molecule has 0 radical (unpaired) electrons. The third-order valence-electron chi connectivity index (χ3n) is 1.07. The van der Waals surface area contributed by atoms with Crippen LogP contribution in [0.1, 0.15) is 5.56 Å². The van der Waals surface area contributed by atoms with E-state index in [1.54, 1.807) is 13.0 Å². The lowest BCUT2D eigenvalue weighted by molar-refractivity contribution is 0.602.